The molecule has 1 aliphatic heterocycles. The number of aromatic nitrogens is 2. The molecule has 0 spiro atoms. The zero-order valence-electron chi connectivity index (χ0n) is 25.9. The number of carbonyl (C=O) groups is 2. The van der Waals surface area contributed by atoms with Crippen LogP contribution in [0.5, 0.6) is 5.75 Å². The first-order valence-corrected chi connectivity index (χ1v) is 17.0. The maximum atomic E-state index is 15.5. The van der Waals surface area contributed by atoms with Gasteiger partial charge in [-0.25, -0.2) is 14.1 Å². The summed E-state index contributed by atoms with van der Waals surface area (Å²) in [5.74, 6) is -0.865. The van der Waals surface area contributed by atoms with Crippen LogP contribution < -0.4 is 20.4 Å². The van der Waals surface area contributed by atoms with E-state index in [0.717, 1.165) is 0 Å². The second kappa shape index (κ2) is 15.2. The second-order valence-electron chi connectivity index (χ2n) is 10.5. The van der Waals surface area contributed by atoms with Crippen LogP contribution in [0.15, 0.2) is 66.7 Å². The Bertz CT molecular complexity index is 1860. The van der Waals surface area contributed by atoms with E-state index in [1.54, 1.807) is 35.9 Å². The highest BCUT2D eigenvalue weighted by Gasteiger charge is 2.41. The maximum absolute atomic E-state index is 15.5. The zero-order valence-corrected chi connectivity index (χ0v) is 28.3. The van der Waals surface area contributed by atoms with Crippen LogP contribution in [0.25, 0.3) is 0 Å². The number of non-ortho nitro benzene ring substituents is 1. The minimum absolute atomic E-state index is 0.0281. The smallest absolute Gasteiger partial charge is 0.338 e. The average molecular weight is 718 g/mol. The van der Waals surface area contributed by atoms with Crippen LogP contribution in [0.2, 0.25) is 10.0 Å². The van der Waals surface area contributed by atoms with E-state index in [1.165, 1.54) is 54.3 Å². The fourth-order valence-electron chi connectivity index (χ4n) is 5.06. The number of aryl methyl sites for hydroxylation is 1. The third-order valence-electron chi connectivity index (χ3n) is 7.41. The van der Waals surface area contributed by atoms with Crippen LogP contribution in [0, 0.1) is 17.0 Å². The molecule has 0 bridgehead atoms. The number of esters is 1. The Morgan fingerprint density at radius 1 is 1.02 bits per heavy atom. The predicted molar refractivity (Wildman–Crippen MR) is 181 cm³/mol. The van der Waals surface area contributed by atoms with Crippen molar-refractivity contribution in [1.82, 2.24) is 14.5 Å². The minimum atomic E-state index is -4.01. The summed E-state index contributed by atoms with van der Waals surface area (Å²) in [6.45, 7) is 2.43. The van der Waals surface area contributed by atoms with Crippen molar-refractivity contribution in [2.24, 2.45) is 0 Å². The number of nitro groups is 1. The largest absolute Gasteiger partial charge is 0.495 e. The molecule has 2 N–H and O–H groups in total. The standard InChI is InChI=1S/C31H31Cl2N6O8P/c1-20-28(48(44,37-13-16-46-17-14-37)36-26-19-25(39(42)43)11-12-27(26)45-2)29(34-30(40)21-3-7-23(32)8-4-21)38(35-20)15-18-47-31(41)22-5-9-24(33)10-6-22/h3-12,19H,13-18H2,1-2H3,(H,34,40)(H,36,44). The highest BCUT2D eigenvalue weighted by atomic mass is 35.5. The van der Waals surface area contributed by atoms with Gasteiger partial charge in [-0.05, 0) is 61.5 Å². The van der Waals surface area contributed by atoms with E-state index in [0.29, 0.717) is 15.6 Å². The van der Waals surface area contributed by atoms with E-state index in [9.17, 15) is 19.7 Å². The number of anilines is 2. The highest BCUT2D eigenvalue weighted by molar-refractivity contribution is 7.71. The van der Waals surface area contributed by atoms with Crippen molar-refractivity contribution in [2.75, 3.05) is 50.4 Å². The molecule has 1 aliphatic rings. The molecule has 1 atom stereocenters. The molecule has 1 amide bonds. The van der Waals surface area contributed by atoms with Crippen LogP contribution in [0.4, 0.5) is 17.2 Å². The normalized spacial score (nSPS) is 14.5. The SMILES string of the molecule is COc1ccc([N+](=O)[O-])cc1NP(=O)(c1c(C)nn(CCOC(=O)c2ccc(Cl)cc2)c1NC(=O)c1ccc(Cl)cc1)N1CCOCC1. The second-order valence-corrected chi connectivity index (χ2v) is 13.8. The average Bonchev–Trinajstić information content (AvgIpc) is 3.39. The zero-order chi connectivity index (χ0) is 34.4. The van der Waals surface area contributed by atoms with Crippen molar-refractivity contribution in [3.05, 3.63) is 104 Å². The molecule has 3 aromatic carbocycles. The molecule has 252 valence electrons. The van der Waals surface area contributed by atoms with Crippen molar-refractivity contribution in [2.45, 2.75) is 13.5 Å². The molecular weight excluding hydrogens is 686 g/mol. The third-order valence-corrected chi connectivity index (χ3v) is 10.8. The van der Waals surface area contributed by atoms with E-state index >= 15 is 4.57 Å². The van der Waals surface area contributed by atoms with Gasteiger partial charge in [-0.2, -0.15) is 5.10 Å². The van der Waals surface area contributed by atoms with Crippen LogP contribution in [0.3, 0.4) is 0 Å². The number of ether oxygens (including phenoxy) is 3. The first kappa shape index (κ1) is 34.9. The molecular formula is C31H31Cl2N6O8P. The van der Waals surface area contributed by atoms with Gasteiger partial charge in [0.2, 0.25) is 0 Å². The van der Waals surface area contributed by atoms with Gasteiger partial charge in [0, 0.05) is 40.8 Å². The van der Waals surface area contributed by atoms with Gasteiger partial charge in [-0.3, -0.25) is 19.5 Å². The quantitative estimate of drug-likeness (QED) is 0.0789. The lowest BCUT2D eigenvalue weighted by molar-refractivity contribution is -0.384. The summed E-state index contributed by atoms with van der Waals surface area (Å²) in [5.41, 5.74) is 0.690. The van der Waals surface area contributed by atoms with Gasteiger partial charge in [0.15, 0.2) is 0 Å². The van der Waals surface area contributed by atoms with Gasteiger partial charge >= 0.3 is 5.97 Å². The summed E-state index contributed by atoms with van der Waals surface area (Å²) >= 11 is 12.0. The van der Waals surface area contributed by atoms with Gasteiger partial charge in [-0.1, -0.05) is 23.2 Å². The summed E-state index contributed by atoms with van der Waals surface area (Å²) < 4.78 is 35.1. The lowest BCUT2D eigenvalue weighted by atomic mass is 10.2. The Morgan fingerprint density at radius 3 is 2.25 bits per heavy atom. The molecule has 14 nitrogen and oxygen atoms in total. The van der Waals surface area contributed by atoms with Crippen LogP contribution in [-0.4, -0.2) is 71.3 Å². The van der Waals surface area contributed by atoms with E-state index in [1.807, 2.05) is 0 Å². The Balaban J connectivity index is 1.57. The van der Waals surface area contributed by atoms with Crippen molar-refractivity contribution in [3.8, 4) is 5.75 Å². The third kappa shape index (κ3) is 7.80. The Morgan fingerprint density at radius 2 is 1.65 bits per heavy atom. The fourth-order valence-corrected chi connectivity index (χ4v) is 8.02. The Kier molecular flexibility index (Phi) is 11.0. The molecule has 0 radical (unpaired) electrons. The number of benzene rings is 3. The molecule has 4 aromatic rings. The number of halogens is 2. The topological polar surface area (TPSA) is 167 Å². The number of morpholine rings is 1. The maximum Gasteiger partial charge on any atom is 0.338 e. The van der Waals surface area contributed by atoms with E-state index in [4.69, 9.17) is 37.4 Å². The van der Waals surface area contributed by atoms with E-state index in [2.05, 4.69) is 15.5 Å². The van der Waals surface area contributed by atoms with E-state index < -0.39 is 24.2 Å². The molecule has 48 heavy (non-hydrogen) atoms. The van der Waals surface area contributed by atoms with Crippen molar-refractivity contribution < 1.29 is 33.3 Å². The van der Waals surface area contributed by atoms with Gasteiger partial charge in [-0.15, -0.1) is 0 Å². The summed E-state index contributed by atoms with van der Waals surface area (Å²) in [5, 5.41) is 23.2. The summed E-state index contributed by atoms with van der Waals surface area (Å²) in [4.78, 5) is 37.4. The molecule has 5 rings (SSSR count). The molecule has 1 unspecified atom stereocenters. The minimum Gasteiger partial charge on any atom is -0.495 e. The number of carbonyl (C=O) groups excluding carboxylic acids is 2. The lowest BCUT2D eigenvalue weighted by Crippen LogP contribution is -2.40. The van der Waals surface area contributed by atoms with Crippen molar-refractivity contribution in [3.63, 3.8) is 0 Å². The molecule has 1 saturated heterocycles. The number of hydrogen-bond donors (Lipinski definition) is 2. The number of methoxy groups -OCH3 is 1. The summed E-state index contributed by atoms with van der Waals surface area (Å²) in [6.07, 6.45) is 0. The van der Waals surface area contributed by atoms with Crippen molar-refractivity contribution >= 4 is 65.0 Å². The van der Waals surface area contributed by atoms with Crippen LogP contribution in [0.1, 0.15) is 26.4 Å². The number of nitrogens with one attached hydrogen (secondary N) is 2. The van der Waals surface area contributed by atoms with Gasteiger partial charge < -0.3 is 24.6 Å². The fraction of sp³-hybridized carbons (Fsp3) is 0.258. The molecule has 0 aliphatic carbocycles. The molecule has 0 saturated carbocycles. The summed E-state index contributed by atoms with van der Waals surface area (Å²) in [7, 11) is -2.62. The first-order chi connectivity index (χ1) is 23.0. The van der Waals surface area contributed by atoms with Gasteiger partial charge in [0.25, 0.3) is 19.0 Å². The number of nitrogens with zero attached hydrogens (tertiary/aromatic N) is 4. The molecule has 1 aromatic heterocycles. The Labute approximate surface area is 285 Å². The molecule has 17 heteroatoms. The number of rotatable bonds is 12. The first-order valence-electron chi connectivity index (χ1n) is 14.6. The van der Waals surface area contributed by atoms with Crippen LogP contribution in [-0.2, 0) is 20.6 Å². The molecule has 2 heterocycles. The van der Waals surface area contributed by atoms with E-state index in [-0.39, 0.29) is 79.0 Å². The lowest BCUT2D eigenvalue weighted by Gasteiger charge is -2.35. The highest BCUT2D eigenvalue weighted by Crippen LogP contribution is 2.53. The predicted octanol–water partition coefficient (Wildman–Crippen LogP) is 5.79. The van der Waals surface area contributed by atoms with Crippen LogP contribution >= 0.6 is 30.6 Å². The monoisotopic (exact) mass is 716 g/mol. The Hall–Kier alpha value is -4.46. The number of hydrogen-bond acceptors (Lipinski definition) is 9. The number of amides is 1. The van der Waals surface area contributed by atoms with Crippen molar-refractivity contribution in [1.29, 1.82) is 0 Å². The molecule has 1 fully saturated rings. The van der Waals surface area contributed by atoms with Gasteiger partial charge in [0.05, 0.1) is 48.7 Å². The van der Waals surface area contributed by atoms with Gasteiger partial charge in [0.1, 0.15) is 23.5 Å². The number of nitro benzene ring substituents is 1. The summed E-state index contributed by atoms with van der Waals surface area (Å²) in [6, 6.07) is 16.3.